The number of Topliss-reactive ketones (excluding diaryl/α,β-unsaturated/α-hetero) is 1. The van der Waals surface area contributed by atoms with Crippen molar-refractivity contribution in [3.63, 3.8) is 0 Å². The van der Waals surface area contributed by atoms with Gasteiger partial charge < -0.3 is 0 Å². The van der Waals surface area contributed by atoms with Crippen molar-refractivity contribution in [1.29, 1.82) is 0 Å². The predicted molar refractivity (Wildman–Crippen MR) is 44.6 cm³/mol. The molecule has 7 nitrogen and oxygen atoms in total. The number of nitro groups is 2. The van der Waals surface area contributed by atoms with Crippen LogP contribution in [-0.4, -0.2) is 21.2 Å². The summed E-state index contributed by atoms with van der Waals surface area (Å²) in [5.74, 6) is -1.10. The third-order valence-electron chi connectivity index (χ3n) is 1.94. The summed E-state index contributed by atoms with van der Waals surface area (Å²) in [5.41, 5.74) is -2.77. The minimum atomic E-state index is -2.02. The molecule has 7 heteroatoms. The quantitative estimate of drug-likeness (QED) is 0.362. The molecule has 0 aliphatic heterocycles. The maximum Gasteiger partial charge on any atom is 0.320 e. The first kappa shape index (κ1) is 10.0. The number of ketones is 1. The Morgan fingerprint density at radius 1 is 1.36 bits per heavy atom. The highest BCUT2D eigenvalue weighted by atomic mass is 16.9. The molecule has 1 rings (SSSR count). The number of carbonyl (C=O) groups excluding carboxylic acids is 1. The number of hydrogen-bond donors (Lipinski definition) is 0. The number of hydrogen-bond acceptors (Lipinski definition) is 5. The molecule has 1 aliphatic rings. The Morgan fingerprint density at radius 2 is 1.93 bits per heavy atom. The summed E-state index contributed by atoms with van der Waals surface area (Å²) in [4.78, 5) is 30.4. The van der Waals surface area contributed by atoms with Crippen LogP contribution in [0.25, 0.3) is 0 Å². The van der Waals surface area contributed by atoms with Gasteiger partial charge >= 0.3 is 17.0 Å². The summed E-state index contributed by atoms with van der Waals surface area (Å²) >= 11 is 0. The van der Waals surface area contributed by atoms with Crippen LogP contribution in [0.15, 0.2) is 23.9 Å². The summed E-state index contributed by atoms with van der Waals surface area (Å²) < 4.78 is 0. The summed E-state index contributed by atoms with van der Waals surface area (Å²) in [6, 6.07) is 0. The van der Waals surface area contributed by atoms with Crippen molar-refractivity contribution in [3.05, 3.63) is 44.2 Å². The molecule has 0 fully saturated rings. The fourth-order valence-electron chi connectivity index (χ4n) is 1.02. The van der Waals surface area contributed by atoms with Crippen LogP contribution in [0, 0.1) is 20.2 Å². The van der Waals surface area contributed by atoms with Crippen molar-refractivity contribution >= 4 is 5.78 Å². The smallest absolute Gasteiger partial charge is 0.279 e. The van der Waals surface area contributed by atoms with Crippen molar-refractivity contribution < 1.29 is 14.6 Å². The Balaban J connectivity index is 3.19. The first-order chi connectivity index (χ1) is 6.39. The Bertz CT molecular complexity index is 384. The monoisotopic (exact) mass is 199 g/mol. The molecule has 0 saturated carbocycles. The van der Waals surface area contributed by atoms with Gasteiger partial charge in [0, 0.05) is 24.0 Å². The zero-order chi connectivity index (χ0) is 10.9. The van der Waals surface area contributed by atoms with Crippen LogP contribution in [0.4, 0.5) is 0 Å². The van der Waals surface area contributed by atoms with E-state index in [4.69, 9.17) is 0 Å². The van der Waals surface area contributed by atoms with E-state index in [2.05, 4.69) is 0 Å². The molecule has 74 valence electrons. The van der Waals surface area contributed by atoms with Crippen LogP contribution in [0.5, 0.6) is 0 Å². The van der Waals surface area contributed by atoms with Crippen LogP contribution in [-0.2, 0) is 4.79 Å². The maximum absolute atomic E-state index is 11.3. The van der Waals surface area contributed by atoms with E-state index in [1.807, 2.05) is 0 Å². The average molecular weight is 199 g/mol. The van der Waals surface area contributed by atoms with E-state index < -0.39 is 26.9 Å². The fraction of sp³-hybridized carbons (Fsp3) is 0.286. The molecule has 0 aromatic rings. The fourth-order valence-corrected chi connectivity index (χ4v) is 1.02. The average Bonchev–Trinajstić information content (AvgIpc) is 2.09. The van der Waals surface area contributed by atoms with Crippen LogP contribution >= 0.6 is 0 Å². The number of rotatable bonds is 2. The van der Waals surface area contributed by atoms with E-state index in [1.54, 1.807) is 0 Å². The predicted octanol–water partition coefficient (Wildman–Crippen LogP) is 0.321. The molecule has 0 bridgehead atoms. The van der Waals surface area contributed by atoms with Crippen molar-refractivity contribution in [2.45, 2.75) is 12.5 Å². The van der Waals surface area contributed by atoms with Gasteiger partial charge in [0.2, 0.25) is 0 Å². The van der Waals surface area contributed by atoms with Crippen molar-refractivity contribution in [1.82, 2.24) is 0 Å². The second kappa shape index (κ2) is 3.02. The van der Waals surface area contributed by atoms with Gasteiger partial charge in [0.05, 0.1) is 4.92 Å². The second-order valence-corrected chi connectivity index (χ2v) is 2.90. The van der Waals surface area contributed by atoms with E-state index in [-0.39, 0.29) is 0 Å². The molecule has 1 atom stereocenters. The zero-order valence-electron chi connectivity index (χ0n) is 7.17. The van der Waals surface area contributed by atoms with E-state index in [9.17, 15) is 25.0 Å². The van der Waals surface area contributed by atoms with Gasteiger partial charge in [0.1, 0.15) is 0 Å². The Labute approximate surface area is 78.0 Å². The highest BCUT2D eigenvalue weighted by Crippen LogP contribution is 2.22. The van der Waals surface area contributed by atoms with Gasteiger partial charge in [-0.1, -0.05) is 6.08 Å². The lowest BCUT2D eigenvalue weighted by Gasteiger charge is -2.15. The molecular formula is C7H6N2O5. The first-order valence-corrected chi connectivity index (χ1v) is 3.63. The van der Waals surface area contributed by atoms with Gasteiger partial charge in [-0.25, -0.2) is 0 Å². The maximum atomic E-state index is 11.3. The number of nitrogens with zero attached hydrogens (tertiary/aromatic N) is 2. The SMILES string of the molecule is CC1([15N+](=O)[O-])C=CC=C([N+](=O)[O-])C1=O. The van der Waals surface area contributed by atoms with Crippen LogP contribution < -0.4 is 0 Å². The van der Waals surface area contributed by atoms with E-state index in [0.717, 1.165) is 25.2 Å². The van der Waals surface area contributed by atoms with Gasteiger partial charge in [-0.05, 0) is 0 Å². The number of carbonyl (C=O) groups is 1. The summed E-state index contributed by atoms with van der Waals surface area (Å²) in [5, 5.41) is 20.9. The van der Waals surface area contributed by atoms with E-state index in [1.165, 1.54) is 0 Å². The summed E-state index contributed by atoms with van der Waals surface area (Å²) in [6.45, 7) is 1.03. The molecule has 0 amide bonds. The highest BCUT2D eigenvalue weighted by Gasteiger charge is 2.50. The lowest BCUT2D eigenvalue weighted by Crippen LogP contribution is -2.44. The topological polar surface area (TPSA) is 103 Å². The molecule has 0 heterocycles. The second-order valence-electron chi connectivity index (χ2n) is 2.90. The van der Waals surface area contributed by atoms with Crippen molar-refractivity contribution in [2.75, 3.05) is 0 Å². The van der Waals surface area contributed by atoms with Gasteiger partial charge in [0.25, 0.3) is 0 Å². The molecular weight excluding hydrogens is 193 g/mol. The zero-order valence-corrected chi connectivity index (χ0v) is 7.17. The Kier molecular flexibility index (Phi) is 2.16. The largest absolute Gasteiger partial charge is 0.320 e. The van der Waals surface area contributed by atoms with Crippen molar-refractivity contribution in [3.8, 4) is 0 Å². The third-order valence-corrected chi connectivity index (χ3v) is 1.94. The van der Waals surface area contributed by atoms with Crippen LogP contribution in [0.1, 0.15) is 6.92 Å². The Hall–Kier alpha value is -2.05. The van der Waals surface area contributed by atoms with E-state index in [0.29, 0.717) is 0 Å². The lowest BCUT2D eigenvalue weighted by molar-refractivity contribution is -0.535. The highest BCUT2D eigenvalue weighted by molar-refractivity contribution is 6.02. The van der Waals surface area contributed by atoms with Gasteiger partial charge in [-0.15, -0.1) is 0 Å². The lowest BCUT2D eigenvalue weighted by atomic mass is 9.93. The molecule has 0 saturated heterocycles. The Morgan fingerprint density at radius 3 is 2.36 bits per heavy atom. The third kappa shape index (κ3) is 1.28. The molecule has 0 aromatic heterocycles. The van der Waals surface area contributed by atoms with Crippen LogP contribution in [0.2, 0.25) is 0 Å². The molecule has 0 aromatic carbocycles. The first-order valence-electron chi connectivity index (χ1n) is 3.63. The molecule has 14 heavy (non-hydrogen) atoms. The minimum Gasteiger partial charge on any atom is -0.279 e. The molecule has 0 N–H and O–H groups in total. The van der Waals surface area contributed by atoms with E-state index >= 15 is 0 Å². The molecule has 1 aliphatic carbocycles. The molecule has 0 spiro atoms. The van der Waals surface area contributed by atoms with Crippen LogP contribution in [0.3, 0.4) is 0 Å². The van der Waals surface area contributed by atoms with Gasteiger partial charge in [-0.2, -0.15) is 0 Å². The standard InChI is InChI=1S/C7H6N2O5/c1-7(9(13)14)4-2-3-5(6(7)10)8(11)12/h2-4H,1H3/i9+1. The summed E-state index contributed by atoms with van der Waals surface area (Å²) in [7, 11) is 0. The summed E-state index contributed by atoms with van der Waals surface area (Å²) in [6.07, 6.45) is 3.12. The molecule has 1 unspecified atom stereocenters. The number of allylic oxidation sites excluding steroid dienone is 2. The normalized spacial score (nSPS) is 25.8. The molecule has 0 radical (unpaired) electrons. The van der Waals surface area contributed by atoms with Gasteiger partial charge in [-0.3, -0.25) is 25.0 Å². The minimum absolute atomic E-state index is 0.758. The van der Waals surface area contributed by atoms with Gasteiger partial charge in [0.15, 0.2) is 0 Å². The van der Waals surface area contributed by atoms with Crippen molar-refractivity contribution in [2.24, 2.45) is 0 Å².